The van der Waals surface area contributed by atoms with Gasteiger partial charge < -0.3 is 4.90 Å². The maximum atomic E-state index is 12.9. The molecule has 2 aliphatic rings. The summed E-state index contributed by atoms with van der Waals surface area (Å²) >= 11 is 3.58. The summed E-state index contributed by atoms with van der Waals surface area (Å²) in [5.41, 5.74) is 1.43. The van der Waals surface area contributed by atoms with Gasteiger partial charge in [0.1, 0.15) is 0 Å². The normalized spacial score (nSPS) is 21.3. The first-order valence-electron chi connectivity index (χ1n) is 9.34. The van der Waals surface area contributed by atoms with E-state index >= 15 is 0 Å². The van der Waals surface area contributed by atoms with Crippen LogP contribution in [0.15, 0.2) is 23.6 Å². The number of amides is 1. The minimum atomic E-state index is 0.255. The molecule has 0 saturated carbocycles. The van der Waals surface area contributed by atoms with Crippen LogP contribution in [0, 0.1) is 5.92 Å². The van der Waals surface area contributed by atoms with Gasteiger partial charge in [-0.3, -0.25) is 9.69 Å². The average molecular weight is 375 g/mol. The van der Waals surface area contributed by atoms with Crippen molar-refractivity contribution >= 4 is 28.6 Å². The van der Waals surface area contributed by atoms with Gasteiger partial charge in [0, 0.05) is 42.5 Å². The van der Waals surface area contributed by atoms with Crippen LogP contribution in [0.4, 0.5) is 0 Å². The van der Waals surface area contributed by atoms with Crippen LogP contribution in [-0.4, -0.2) is 48.4 Å². The number of carbonyl (C=O) groups is 1. The Balaban J connectivity index is 1.31. The Kier molecular flexibility index (Phi) is 5.25. The first kappa shape index (κ1) is 17.3. The lowest BCUT2D eigenvalue weighted by Crippen LogP contribution is -2.48. The maximum Gasteiger partial charge on any atom is 0.264 e. The number of fused-ring (bicyclic) bond motifs is 1. The van der Waals surface area contributed by atoms with Crippen molar-refractivity contribution in [3.05, 3.63) is 43.8 Å². The topological polar surface area (TPSA) is 23.6 Å². The minimum absolute atomic E-state index is 0.255. The Bertz CT molecular complexity index is 714. The van der Waals surface area contributed by atoms with Gasteiger partial charge in [0.2, 0.25) is 0 Å². The summed E-state index contributed by atoms with van der Waals surface area (Å²) in [6.07, 6.45) is 4.70. The molecule has 1 atom stereocenters. The zero-order valence-electron chi connectivity index (χ0n) is 14.9. The van der Waals surface area contributed by atoms with Crippen molar-refractivity contribution in [3.63, 3.8) is 0 Å². The molecule has 0 radical (unpaired) electrons. The standard InChI is InChI=1S/C20H26N2OS2/c1-15-4-5-18-16(13-15)14-19(25-18)20(23)22-10-8-21(9-11-22)7-6-17-3-2-12-24-17/h2-3,12,14-15H,4-11,13H2,1H3. The Hall–Kier alpha value is -1.17. The second-order valence-electron chi connectivity index (χ2n) is 7.37. The van der Waals surface area contributed by atoms with Crippen molar-refractivity contribution in [2.45, 2.75) is 32.6 Å². The highest BCUT2D eigenvalue weighted by atomic mass is 32.1. The van der Waals surface area contributed by atoms with Gasteiger partial charge in [0.25, 0.3) is 5.91 Å². The van der Waals surface area contributed by atoms with E-state index in [1.807, 2.05) is 11.3 Å². The molecule has 1 aliphatic carbocycles. The Morgan fingerprint density at radius 2 is 2.12 bits per heavy atom. The van der Waals surface area contributed by atoms with Crippen LogP contribution < -0.4 is 0 Å². The molecule has 3 nitrogen and oxygen atoms in total. The summed E-state index contributed by atoms with van der Waals surface area (Å²) in [5, 5.41) is 2.15. The predicted molar refractivity (Wildman–Crippen MR) is 106 cm³/mol. The van der Waals surface area contributed by atoms with E-state index in [1.54, 1.807) is 11.3 Å². The molecule has 2 aromatic heterocycles. The van der Waals surface area contributed by atoms with Gasteiger partial charge in [-0.2, -0.15) is 0 Å². The van der Waals surface area contributed by atoms with E-state index in [4.69, 9.17) is 0 Å². The van der Waals surface area contributed by atoms with E-state index in [0.717, 1.165) is 62.8 Å². The van der Waals surface area contributed by atoms with Crippen LogP contribution in [0.3, 0.4) is 0 Å². The lowest BCUT2D eigenvalue weighted by molar-refractivity contribution is 0.0643. The van der Waals surface area contributed by atoms with Crippen LogP contribution in [0.5, 0.6) is 0 Å². The van der Waals surface area contributed by atoms with E-state index in [-0.39, 0.29) is 5.91 Å². The van der Waals surface area contributed by atoms with Crippen molar-refractivity contribution in [2.75, 3.05) is 32.7 Å². The molecule has 1 aliphatic heterocycles. The second-order valence-corrected chi connectivity index (χ2v) is 9.54. The first-order chi connectivity index (χ1) is 12.2. The maximum absolute atomic E-state index is 12.9. The summed E-state index contributed by atoms with van der Waals surface area (Å²) in [7, 11) is 0. The molecule has 2 aromatic rings. The van der Waals surface area contributed by atoms with Gasteiger partial charge in [-0.05, 0) is 54.7 Å². The average Bonchev–Trinajstić information content (AvgIpc) is 3.29. The zero-order valence-corrected chi connectivity index (χ0v) is 16.5. The Morgan fingerprint density at radius 1 is 1.28 bits per heavy atom. The van der Waals surface area contributed by atoms with E-state index in [0.29, 0.717) is 0 Å². The summed E-state index contributed by atoms with van der Waals surface area (Å²) in [6.45, 7) is 7.15. The largest absolute Gasteiger partial charge is 0.335 e. The highest BCUT2D eigenvalue weighted by molar-refractivity contribution is 7.14. The van der Waals surface area contributed by atoms with Gasteiger partial charge in [-0.1, -0.05) is 13.0 Å². The van der Waals surface area contributed by atoms with Crippen LogP contribution >= 0.6 is 22.7 Å². The van der Waals surface area contributed by atoms with Gasteiger partial charge >= 0.3 is 0 Å². The van der Waals surface area contributed by atoms with Crippen molar-refractivity contribution < 1.29 is 4.79 Å². The first-order valence-corrected chi connectivity index (χ1v) is 11.0. The molecule has 0 N–H and O–H groups in total. The van der Waals surface area contributed by atoms with Crippen molar-refractivity contribution in [3.8, 4) is 0 Å². The van der Waals surface area contributed by atoms with Gasteiger partial charge in [0.15, 0.2) is 0 Å². The molecule has 1 unspecified atom stereocenters. The number of aryl methyl sites for hydroxylation is 1. The quantitative estimate of drug-likeness (QED) is 0.809. The number of hydrogen-bond donors (Lipinski definition) is 0. The highest BCUT2D eigenvalue weighted by Crippen LogP contribution is 2.32. The summed E-state index contributed by atoms with van der Waals surface area (Å²) in [4.78, 5) is 21.3. The summed E-state index contributed by atoms with van der Waals surface area (Å²) < 4.78 is 0. The van der Waals surface area contributed by atoms with Crippen molar-refractivity contribution in [1.29, 1.82) is 0 Å². The van der Waals surface area contributed by atoms with Crippen LogP contribution in [-0.2, 0) is 19.3 Å². The molecule has 25 heavy (non-hydrogen) atoms. The summed E-state index contributed by atoms with van der Waals surface area (Å²) in [5.74, 6) is 1.02. The second kappa shape index (κ2) is 7.60. The molecule has 1 fully saturated rings. The van der Waals surface area contributed by atoms with Crippen LogP contribution in [0.25, 0.3) is 0 Å². The third-order valence-electron chi connectivity index (χ3n) is 5.45. The highest BCUT2D eigenvalue weighted by Gasteiger charge is 2.26. The lowest BCUT2D eigenvalue weighted by atomic mass is 9.90. The van der Waals surface area contributed by atoms with E-state index in [1.165, 1.54) is 21.7 Å². The smallest absolute Gasteiger partial charge is 0.264 e. The predicted octanol–water partition coefficient (Wildman–Crippen LogP) is 3.93. The summed E-state index contributed by atoms with van der Waals surface area (Å²) in [6, 6.07) is 6.52. The molecule has 4 rings (SSSR count). The molecule has 5 heteroatoms. The van der Waals surface area contributed by atoms with Crippen LogP contribution in [0.2, 0.25) is 0 Å². The molecule has 0 bridgehead atoms. The lowest BCUT2D eigenvalue weighted by Gasteiger charge is -2.34. The number of piperazine rings is 1. The molecule has 1 amide bonds. The zero-order chi connectivity index (χ0) is 17.2. The Labute approximate surface area is 158 Å². The van der Waals surface area contributed by atoms with E-state index in [2.05, 4.69) is 40.3 Å². The van der Waals surface area contributed by atoms with E-state index in [9.17, 15) is 4.79 Å². The fourth-order valence-corrected chi connectivity index (χ4v) is 5.74. The molecule has 0 spiro atoms. The molecule has 0 aromatic carbocycles. The van der Waals surface area contributed by atoms with Crippen molar-refractivity contribution in [2.24, 2.45) is 5.92 Å². The van der Waals surface area contributed by atoms with Gasteiger partial charge in [-0.25, -0.2) is 0 Å². The van der Waals surface area contributed by atoms with Gasteiger partial charge in [-0.15, -0.1) is 22.7 Å². The number of carbonyl (C=O) groups excluding carboxylic acids is 1. The monoisotopic (exact) mass is 374 g/mol. The third-order valence-corrected chi connectivity index (χ3v) is 7.62. The Morgan fingerprint density at radius 3 is 2.88 bits per heavy atom. The minimum Gasteiger partial charge on any atom is -0.335 e. The number of thiophene rings is 2. The fourth-order valence-electron chi connectivity index (χ4n) is 3.86. The van der Waals surface area contributed by atoms with E-state index < -0.39 is 0 Å². The number of nitrogens with zero attached hydrogens (tertiary/aromatic N) is 2. The molecule has 134 valence electrons. The third kappa shape index (κ3) is 3.99. The molecular weight excluding hydrogens is 348 g/mol. The SMILES string of the molecule is CC1CCc2sc(C(=O)N3CCN(CCc4cccs4)CC3)cc2C1. The van der Waals surface area contributed by atoms with Crippen molar-refractivity contribution in [1.82, 2.24) is 9.80 Å². The molecule has 1 saturated heterocycles. The molecule has 3 heterocycles. The van der Waals surface area contributed by atoms with Crippen LogP contribution in [0.1, 0.15) is 38.3 Å². The fraction of sp³-hybridized carbons (Fsp3) is 0.550. The number of hydrogen-bond acceptors (Lipinski definition) is 4. The van der Waals surface area contributed by atoms with Gasteiger partial charge in [0.05, 0.1) is 4.88 Å². The number of rotatable bonds is 4. The molecular formula is C20H26N2OS2.